The Morgan fingerprint density at radius 2 is 2.20 bits per heavy atom. The molecule has 0 bridgehead atoms. The molecular formula is C10H7BrN2O2. The molecule has 0 radical (unpaired) electrons. The first-order valence-corrected chi connectivity index (χ1v) is 5.24. The van der Waals surface area contributed by atoms with Crippen molar-refractivity contribution in [3.63, 3.8) is 0 Å². The second-order valence-electron chi connectivity index (χ2n) is 3.61. The van der Waals surface area contributed by atoms with Crippen molar-refractivity contribution < 1.29 is 4.92 Å². The average Bonchev–Trinajstić information content (AvgIpc) is 2.98. The molecule has 0 heterocycles. The molecule has 1 aliphatic carbocycles. The van der Waals surface area contributed by atoms with E-state index in [0.717, 1.165) is 0 Å². The largest absolute Gasteiger partial charge is 0.275 e. The Morgan fingerprint density at radius 3 is 2.67 bits per heavy atom. The lowest BCUT2D eigenvalue weighted by atomic mass is 9.96. The molecule has 1 saturated carbocycles. The van der Waals surface area contributed by atoms with Crippen LogP contribution in [-0.4, -0.2) is 4.92 Å². The lowest BCUT2D eigenvalue weighted by molar-refractivity contribution is -0.385. The number of nitrogens with zero attached hydrogens (tertiary/aromatic N) is 2. The van der Waals surface area contributed by atoms with Gasteiger partial charge in [0.2, 0.25) is 0 Å². The topological polar surface area (TPSA) is 66.9 Å². The van der Waals surface area contributed by atoms with Crippen molar-refractivity contribution in [3.05, 3.63) is 38.3 Å². The van der Waals surface area contributed by atoms with E-state index in [1.807, 2.05) is 0 Å². The van der Waals surface area contributed by atoms with Crippen molar-refractivity contribution in [2.75, 3.05) is 0 Å². The maximum Gasteiger partial charge on any atom is 0.275 e. The minimum absolute atomic E-state index is 0.0309. The van der Waals surface area contributed by atoms with E-state index >= 15 is 0 Å². The summed E-state index contributed by atoms with van der Waals surface area (Å²) < 4.78 is 0.659. The highest BCUT2D eigenvalue weighted by Crippen LogP contribution is 2.50. The van der Waals surface area contributed by atoms with Gasteiger partial charge >= 0.3 is 0 Å². The molecule has 5 heteroatoms. The molecule has 4 nitrogen and oxygen atoms in total. The Bertz CT molecular complexity index is 475. The van der Waals surface area contributed by atoms with Gasteiger partial charge in [-0.25, -0.2) is 0 Å². The highest BCUT2D eigenvalue weighted by atomic mass is 79.9. The van der Waals surface area contributed by atoms with Gasteiger partial charge in [-0.15, -0.1) is 0 Å². The number of halogens is 1. The Labute approximate surface area is 94.8 Å². The maximum atomic E-state index is 10.8. The van der Waals surface area contributed by atoms with Gasteiger partial charge < -0.3 is 0 Å². The summed E-state index contributed by atoms with van der Waals surface area (Å²) in [6.07, 6.45) is 1.43. The van der Waals surface area contributed by atoms with Crippen LogP contribution in [0.2, 0.25) is 0 Å². The zero-order chi connectivity index (χ0) is 11.1. The SMILES string of the molecule is N#CC1(c2ccc(Br)cc2[N+](=O)[O-])CC1. The number of nitro benzene ring substituents is 1. The molecule has 0 amide bonds. The van der Waals surface area contributed by atoms with Gasteiger partial charge in [-0.1, -0.05) is 15.9 Å². The smallest absolute Gasteiger partial charge is 0.258 e. The van der Waals surface area contributed by atoms with Gasteiger partial charge in [0.15, 0.2) is 0 Å². The molecule has 2 rings (SSSR count). The second kappa shape index (κ2) is 3.31. The van der Waals surface area contributed by atoms with Gasteiger partial charge in [-0.05, 0) is 25.0 Å². The summed E-state index contributed by atoms with van der Waals surface area (Å²) in [6, 6.07) is 7.02. The highest BCUT2D eigenvalue weighted by molar-refractivity contribution is 9.10. The molecule has 1 aromatic rings. The molecule has 0 aromatic heterocycles. The van der Waals surface area contributed by atoms with E-state index in [1.54, 1.807) is 12.1 Å². The zero-order valence-corrected chi connectivity index (χ0v) is 9.32. The summed E-state index contributed by atoms with van der Waals surface area (Å²) in [5.74, 6) is 0. The van der Waals surface area contributed by atoms with E-state index in [-0.39, 0.29) is 5.69 Å². The van der Waals surface area contributed by atoms with Crippen LogP contribution in [-0.2, 0) is 5.41 Å². The van der Waals surface area contributed by atoms with Crippen LogP contribution in [0, 0.1) is 21.4 Å². The van der Waals surface area contributed by atoms with Crippen LogP contribution < -0.4 is 0 Å². The summed E-state index contributed by atoms with van der Waals surface area (Å²) in [7, 11) is 0. The first-order chi connectivity index (χ1) is 7.09. The number of benzene rings is 1. The Morgan fingerprint density at radius 1 is 1.53 bits per heavy atom. The average molecular weight is 267 g/mol. The van der Waals surface area contributed by atoms with Crippen molar-refractivity contribution in [2.24, 2.45) is 0 Å². The fourth-order valence-electron chi connectivity index (χ4n) is 1.63. The molecule has 0 atom stereocenters. The normalized spacial score (nSPS) is 16.8. The first-order valence-electron chi connectivity index (χ1n) is 4.45. The zero-order valence-electron chi connectivity index (χ0n) is 7.74. The summed E-state index contributed by atoms with van der Waals surface area (Å²) in [5, 5.41) is 19.8. The lowest BCUT2D eigenvalue weighted by Crippen LogP contribution is -2.06. The van der Waals surface area contributed by atoms with E-state index in [0.29, 0.717) is 22.9 Å². The van der Waals surface area contributed by atoms with Crippen molar-refractivity contribution >= 4 is 21.6 Å². The first kappa shape index (κ1) is 10.1. The molecule has 15 heavy (non-hydrogen) atoms. The van der Waals surface area contributed by atoms with E-state index in [1.165, 1.54) is 6.07 Å². The number of hydrogen-bond acceptors (Lipinski definition) is 3. The molecule has 0 saturated heterocycles. The molecule has 0 N–H and O–H groups in total. The Hall–Kier alpha value is -1.41. The van der Waals surface area contributed by atoms with E-state index < -0.39 is 10.3 Å². The van der Waals surface area contributed by atoms with Crippen molar-refractivity contribution in [1.29, 1.82) is 5.26 Å². The van der Waals surface area contributed by atoms with Crippen LogP contribution >= 0.6 is 15.9 Å². The molecule has 1 aliphatic rings. The fourth-order valence-corrected chi connectivity index (χ4v) is 1.98. The molecule has 1 aromatic carbocycles. The minimum Gasteiger partial charge on any atom is -0.258 e. The predicted octanol–water partition coefficient (Wildman–Crippen LogP) is 2.91. The third-order valence-electron chi connectivity index (χ3n) is 2.64. The summed E-state index contributed by atoms with van der Waals surface area (Å²) >= 11 is 3.19. The third kappa shape index (κ3) is 1.61. The molecular weight excluding hydrogens is 260 g/mol. The van der Waals surface area contributed by atoms with Crippen molar-refractivity contribution in [3.8, 4) is 6.07 Å². The quantitative estimate of drug-likeness (QED) is 0.611. The van der Waals surface area contributed by atoms with Crippen molar-refractivity contribution in [2.45, 2.75) is 18.3 Å². The van der Waals surface area contributed by atoms with Crippen molar-refractivity contribution in [1.82, 2.24) is 0 Å². The third-order valence-corrected chi connectivity index (χ3v) is 3.13. The van der Waals surface area contributed by atoms with Gasteiger partial charge in [0.1, 0.15) is 0 Å². The number of nitriles is 1. The summed E-state index contributed by atoms with van der Waals surface area (Å²) in [4.78, 5) is 10.4. The van der Waals surface area contributed by atoms with Gasteiger partial charge in [-0.2, -0.15) is 5.26 Å². The number of rotatable bonds is 2. The molecule has 0 unspecified atom stereocenters. The predicted molar refractivity (Wildman–Crippen MR) is 57.3 cm³/mol. The molecule has 0 aliphatic heterocycles. The summed E-state index contributed by atoms with van der Waals surface area (Å²) in [5.41, 5.74) is -0.0371. The van der Waals surface area contributed by atoms with Crippen LogP contribution in [0.25, 0.3) is 0 Å². The maximum absolute atomic E-state index is 10.8. The van der Waals surface area contributed by atoms with Gasteiger partial charge in [-0.3, -0.25) is 10.1 Å². The van der Waals surface area contributed by atoms with E-state index in [4.69, 9.17) is 5.26 Å². The fraction of sp³-hybridized carbons (Fsp3) is 0.300. The van der Waals surface area contributed by atoms with Crippen LogP contribution in [0.4, 0.5) is 5.69 Å². The molecule has 0 spiro atoms. The van der Waals surface area contributed by atoms with E-state index in [2.05, 4.69) is 22.0 Å². The Kier molecular flexibility index (Phi) is 2.24. The Balaban J connectivity index is 2.57. The molecule has 1 fully saturated rings. The number of hydrogen-bond donors (Lipinski definition) is 0. The standard InChI is InChI=1S/C10H7BrN2O2/c11-7-1-2-8(9(5-7)13(14)15)10(6-12)3-4-10/h1-2,5H,3-4H2. The van der Waals surface area contributed by atoms with Crippen LogP contribution in [0.3, 0.4) is 0 Å². The van der Waals surface area contributed by atoms with Crippen LogP contribution in [0.15, 0.2) is 22.7 Å². The highest BCUT2D eigenvalue weighted by Gasteiger charge is 2.48. The van der Waals surface area contributed by atoms with E-state index in [9.17, 15) is 10.1 Å². The van der Waals surface area contributed by atoms with Gasteiger partial charge in [0.25, 0.3) is 5.69 Å². The van der Waals surface area contributed by atoms with Crippen LogP contribution in [0.5, 0.6) is 0 Å². The van der Waals surface area contributed by atoms with Gasteiger partial charge in [0.05, 0.1) is 22.0 Å². The molecule has 76 valence electrons. The minimum atomic E-state index is -0.608. The van der Waals surface area contributed by atoms with Gasteiger partial charge in [0, 0.05) is 10.5 Å². The second-order valence-corrected chi connectivity index (χ2v) is 4.53. The monoisotopic (exact) mass is 266 g/mol. The number of nitro groups is 1. The summed E-state index contributed by atoms with van der Waals surface area (Å²) in [6.45, 7) is 0. The lowest BCUT2D eigenvalue weighted by Gasteiger charge is -2.06. The van der Waals surface area contributed by atoms with Crippen LogP contribution in [0.1, 0.15) is 18.4 Å².